The van der Waals surface area contributed by atoms with Crippen molar-refractivity contribution in [2.45, 2.75) is 50.7 Å². The third-order valence-electron chi connectivity index (χ3n) is 6.95. The molecule has 0 bridgehead atoms. The van der Waals surface area contributed by atoms with E-state index < -0.39 is 36.4 Å². The second-order valence-corrected chi connectivity index (χ2v) is 9.52. The Hall–Kier alpha value is -4.58. The minimum atomic E-state index is -1.06. The number of hydrazine groups is 1. The lowest BCUT2D eigenvalue weighted by Gasteiger charge is -2.34. The molecule has 2 atom stereocenters. The summed E-state index contributed by atoms with van der Waals surface area (Å²) in [6, 6.07) is 12.8. The molecule has 12 heteroatoms. The Morgan fingerprint density at radius 3 is 2.64 bits per heavy atom. The fourth-order valence-corrected chi connectivity index (χ4v) is 5.16. The van der Waals surface area contributed by atoms with Gasteiger partial charge in [0.15, 0.2) is 0 Å². The molecule has 1 aromatic heterocycles. The zero-order chi connectivity index (χ0) is 27.4. The molecule has 0 aliphatic carbocycles. The predicted octanol–water partition coefficient (Wildman–Crippen LogP) is 0.179. The Kier molecular flexibility index (Phi) is 7.64. The van der Waals surface area contributed by atoms with E-state index in [0.717, 1.165) is 21.7 Å². The first-order valence-corrected chi connectivity index (χ1v) is 12.8. The Morgan fingerprint density at radius 2 is 1.90 bits per heavy atom. The fourth-order valence-electron chi connectivity index (χ4n) is 5.16. The number of para-hydroxylation sites is 1. The summed E-state index contributed by atoms with van der Waals surface area (Å²) >= 11 is 0. The first kappa shape index (κ1) is 26.0. The average molecular weight is 532 g/mol. The molecule has 0 unspecified atom stereocenters. The van der Waals surface area contributed by atoms with Gasteiger partial charge in [-0.25, -0.2) is 5.01 Å². The van der Waals surface area contributed by atoms with Crippen molar-refractivity contribution in [1.29, 1.82) is 0 Å². The monoisotopic (exact) mass is 531 g/mol. The molecule has 0 fully saturated rings. The van der Waals surface area contributed by atoms with Gasteiger partial charge in [-0.1, -0.05) is 53.7 Å². The van der Waals surface area contributed by atoms with Crippen LogP contribution in [0.5, 0.6) is 0 Å². The van der Waals surface area contributed by atoms with E-state index in [0.29, 0.717) is 24.2 Å². The van der Waals surface area contributed by atoms with Crippen molar-refractivity contribution in [2.24, 2.45) is 0 Å². The van der Waals surface area contributed by atoms with E-state index in [4.69, 9.17) is 0 Å². The lowest BCUT2D eigenvalue weighted by atomic mass is 10.0. The minimum Gasteiger partial charge on any atom is -0.396 e. The zero-order valence-electron chi connectivity index (χ0n) is 21.2. The molecule has 0 spiro atoms. The van der Waals surface area contributed by atoms with Crippen LogP contribution in [0.15, 0.2) is 54.7 Å². The maximum absolute atomic E-state index is 14.1. The maximum Gasteiger partial charge on any atom is 0.252 e. The van der Waals surface area contributed by atoms with Crippen LogP contribution in [0.1, 0.15) is 35.2 Å². The number of H-pyrrole nitrogens is 1. The number of aromatic nitrogens is 3. The molecular weight excluding hydrogens is 502 g/mol. The van der Waals surface area contributed by atoms with Gasteiger partial charge in [-0.15, -0.1) is 5.10 Å². The number of carbonyl (C=O) groups is 4. The topological polar surface area (TPSA) is 161 Å². The largest absolute Gasteiger partial charge is 0.396 e. The number of nitrogens with zero attached hydrogens (tertiary/aromatic N) is 4. The number of nitrogens with one attached hydrogen (secondary N) is 3. The lowest BCUT2D eigenvalue weighted by Crippen LogP contribution is -2.60. The van der Waals surface area contributed by atoms with E-state index in [1.54, 1.807) is 18.3 Å². The van der Waals surface area contributed by atoms with Crippen molar-refractivity contribution < 1.29 is 24.3 Å². The van der Waals surface area contributed by atoms with Gasteiger partial charge in [0.05, 0.1) is 31.7 Å². The number of rotatable bonds is 8. The number of aryl methyl sites for hydroxylation is 1. The number of anilines is 1. The van der Waals surface area contributed by atoms with Crippen molar-refractivity contribution in [2.75, 3.05) is 11.5 Å². The molecule has 2 aromatic carbocycles. The van der Waals surface area contributed by atoms with Gasteiger partial charge in [-0.2, -0.15) is 0 Å². The number of amides is 4. The highest BCUT2D eigenvalue weighted by Gasteiger charge is 2.46. The molecule has 4 N–H and O–H groups in total. The van der Waals surface area contributed by atoms with Gasteiger partial charge in [0.25, 0.3) is 5.91 Å². The van der Waals surface area contributed by atoms with Gasteiger partial charge in [-0.3, -0.25) is 34.6 Å². The quantitative estimate of drug-likeness (QED) is 0.302. The molecule has 5 rings (SSSR count). The molecule has 202 valence electrons. The van der Waals surface area contributed by atoms with E-state index in [9.17, 15) is 24.3 Å². The highest BCUT2D eigenvalue weighted by atomic mass is 16.3. The van der Waals surface area contributed by atoms with Crippen LogP contribution in [0.25, 0.3) is 0 Å². The van der Waals surface area contributed by atoms with Crippen LogP contribution in [-0.4, -0.2) is 67.8 Å². The number of aliphatic hydroxyl groups is 1. The Labute approximate surface area is 224 Å². The maximum atomic E-state index is 14.1. The van der Waals surface area contributed by atoms with E-state index in [1.165, 1.54) is 4.90 Å². The van der Waals surface area contributed by atoms with E-state index in [-0.39, 0.29) is 31.7 Å². The second kappa shape index (κ2) is 11.4. The SMILES string of the molecule is O=C(Cc1ccccc1)NN(C(=O)CCO)[C@H]1CCc2cccc3c2N(C1=O)[C@H](C(=O)NCc1c[nH]nn1)C3. The number of hydrogen-bond donors (Lipinski definition) is 4. The number of carbonyl (C=O) groups excluding carboxylic acids is 4. The highest BCUT2D eigenvalue weighted by Crippen LogP contribution is 2.39. The fraction of sp³-hybridized carbons (Fsp3) is 0.333. The third-order valence-corrected chi connectivity index (χ3v) is 6.95. The second-order valence-electron chi connectivity index (χ2n) is 9.52. The highest BCUT2D eigenvalue weighted by molar-refractivity contribution is 6.08. The van der Waals surface area contributed by atoms with Gasteiger partial charge < -0.3 is 10.4 Å². The lowest BCUT2D eigenvalue weighted by molar-refractivity contribution is -0.149. The van der Waals surface area contributed by atoms with Gasteiger partial charge >= 0.3 is 0 Å². The summed E-state index contributed by atoms with van der Waals surface area (Å²) < 4.78 is 0. The van der Waals surface area contributed by atoms with Gasteiger partial charge in [0.2, 0.25) is 17.7 Å². The van der Waals surface area contributed by atoms with Crippen molar-refractivity contribution in [3.63, 3.8) is 0 Å². The molecule has 3 aromatic rings. The Bertz CT molecular complexity index is 1360. The summed E-state index contributed by atoms with van der Waals surface area (Å²) in [5, 5.41) is 23.4. The van der Waals surface area contributed by atoms with Crippen LogP contribution >= 0.6 is 0 Å². The van der Waals surface area contributed by atoms with Crippen LogP contribution in [0.4, 0.5) is 5.69 Å². The molecular formula is C27H29N7O5. The molecule has 4 amide bonds. The Morgan fingerprint density at radius 1 is 1.10 bits per heavy atom. The molecule has 2 aliphatic rings. The summed E-state index contributed by atoms with van der Waals surface area (Å²) in [6.45, 7) is -0.302. The average Bonchev–Trinajstić information content (AvgIpc) is 3.57. The van der Waals surface area contributed by atoms with Crippen LogP contribution in [0.3, 0.4) is 0 Å². The first-order chi connectivity index (χ1) is 19.0. The number of aliphatic hydroxyl groups excluding tert-OH is 1. The smallest absolute Gasteiger partial charge is 0.252 e. The van der Waals surface area contributed by atoms with Crippen molar-refractivity contribution >= 4 is 29.3 Å². The molecule has 0 saturated carbocycles. The first-order valence-electron chi connectivity index (χ1n) is 12.8. The molecule has 0 saturated heterocycles. The van der Waals surface area contributed by atoms with Crippen LogP contribution < -0.4 is 15.6 Å². The van der Waals surface area contributed by atoms with E-state index in [2.05, 4.69) is 26.2 Å². The van der Waals surface area contributed by atoms with Crippen LogP contribution in [0, 0.1) is 0 Å². The van der Waals surface area contributed by atoms with Crippen LogP contribution in [-0.2, 0) is 45.0 Å². The summed E-state index contributed by atoms with van der Waals surface area (Å²) in [7, 11) is 0. The van der Waals surface area contributed by atoms with Gasteiger partial charge in [0.1, 0.15) is 17.8 Å². The molecule has 2 aliphatic heterocycles. The van der Waals surface area contributed by atoms with Gasteiger partial charge in [-0.05, 0) is 29.5 Å². The Balaban J connectivity index is 1.42. The normalized spacial score (nSPS) is 17.8. The third kappa shape index (κ3) is 5.50. The predicted molar refractivity (Wildman–Crippen MR) is 139 cm³/mol. The van der Waals surface area contributed by atoms with Crippen LogP contribution in [0.2, 0.25) is 0 Å². The molecule has 0 radical (unpaired) electrons. The molecule has 39 heavy (non-hydrogen) atoms. The summed E-state index contributed by atoms with van der Waals surface area (Å²) in [4.78, 5) is 55.0. The summed E-state index contributed by atoms with van der Waals surface area (Å²) in [5.41, 5.74) is 6.34. The molecule has 3 heterocycles. The van der Waals surface area contributed by atoms with Crippen molar-refractivity contribution in [3.05, 3.63) is 77.1 Å². The minimum absolute atomic E-state index is 0.00578. The molecule has 12 nitrogen and oxygen atoms in total. The number of hydrogen-bond acceptors (Lipinski definition) is 7. The van der Waals surface area contributed by atoms with Crippen molar-refractivity contribution in [1.82, 2.24) is 31.2 Å². The van der Waals surface area contributed by atoms with E-state index in [1.807, 2.05) is 36.4 Å². The summed E-state index contributed by atoms with van der Waals surface area (Å²) in [6.07, 6.45) is 2.32. The van der Waals surface area contributed by atoms with E-state index >= 15 is 0 Å². The zero-order valence-corrected chi connectivity index (χ0v) is 21.2. The number of benzene rings is 2. The van der Waals surface area contributed by atoms with Gasteiger partial charge in [0, 0.05) is 12.6 Å². The summed E-state index contributed by atoms with van der Waals surface area (Å²) in [5.74, 6) is -1.89. The number of aromatic amines is 1. The standard InChI is InChI=1S/C27H29N7O5/c35-12-11-24(37)34(31-23(36)13-17-5-2-1-3-6-17)21-10-9-18-7-4-8-19-14-22(33(25(18)19)27(21)39)26(38)28-15-20-16-29-32-30-20/h1-8,16,21-22,35H,9-15H2,(H,28,38)(H,31,36)(H,29,30,32)/t21-,22-/m0/s1. The van der Waals surface area contributed by atoms with Crippen molar-refractivity contribution in [3.8, 4) is 0 Å².